The number of nitrogens with two attached hydrogens (primary N) is 1. The maximum Gasteiger partial charge on any atom is 0.416 e. The van der Waals surface area contributed by atoms with Crippen LogP contribution in [0.3, 0.4) is 0 Å². The van der Waals surface area contributed by atoms with Crippen LogP contribution < -0.4 is 16.4 Å². The highest BCUT2D eigenvalue weighted by Gasteiger charge is 2.30. The number of amides is 2. The van der Waals surface area contributed by atoms with Gasteiger partial charge in [-0.05, 0) is 40.5 Å². The lowest BCUT2D eigenvalue weighted by Gasteiger charge is -2.23. The monoisotopic (exact) mass is 532 g/mol. The molecular formula is C30H27F3N4O2. The molecule has 9 heteroatoms. The second-order valence-electron chi connectivity index (χ2n) is 9.02. The number of benzene rings is 3. The second-order valence-corrected chi connectivity index (χ2v) is 9.02. The third-order valence-corrected chi connectivity index (χ3v) is 6.20. The van der Waals surface area contributed by atoms with Crippen molar-refractivity contribution >= 4 is 17.6 Å². The number of anilines is 1. The molecule has 1 aromatic heterocycles. The van der Waals surface area contributed by atoms with Crippen molar-refractivity contribution < 1.29 is 22.8 Å². The molecule has 1 unspecified atom stereocenters. The molecule has 1 atom stereocenters. The normalized spacial score (nSPS) is 12.1. The first-order valence-electron chi connectivity index (χ1n) is 12.3. The Hall–Kier alpha value is -4.66. The summed E-state index contributed by atoms with van der Waals surface area (Å²) < 4.78 is 38.6. The van der Waals surface area contributed by atoms with Crippen molar-refractivity contribution in [2.45, 2.75) is 31.1 Å². The van der Waals surface area contributed by atoms with E-state index in [2.05, 4.69) is 15.6 Å². The molecule has 39 heavy (non-hydrogen) atoms. The van der Waals surface area contributed by atoms with Gasteiger partial charge in [-0.15, -0.1) is 0 Å². The number of halogens is 3. The van der Waals surface area contributed by atoms with Crippen molar-refractivity contribution in [1.82, 2.24) is 15.6 Å². The van der Waals surface area contributed by atoms with E-state index in [1.807, 2.05) is 60.7 Å². The number of nitrogens with zero attached hydrogens (tertiary/aromatic N) is 1. The van der Waals surface area contributed by atoms with Crippen LogP contribution in [0.1, 0.15) is 33.7 Å². The maximum atomic E-state index is 13.7. The molecule has 0 aliphatic carbocycles. The summed E-state index contributed by atoms with van der Waals surface area (Å²) in [5, 5.41) is 5.62. The topological polar surface area (TPSA) is 97.1 Å². The number of carbonyl (C=O) groups is 2. The van der Waals surface area contributed by atoms with Crippen LogP contribution in [-0.4, -0.2) is 22.8 Å². The van der Waals surface area contributed by atoms with E-state index in [0.717, 1.165) is 23.3 Å². The van der Waals surface area contributed by atoms with Gasteiger partial charge in [-0.2, -0.15) is 13.2 Å². The number of nitrogen functional groups attached to an aromatic ring is 1. The van der Waals surface area contributed by atoms with E-state index >= 15 is 0 Å². The Morgan fingerprint density at radius 2 is 1.33 bits per heavy atom. The number of alkyl halides is 3. The zero-order valence-corrected chi connectivity index (χ0v) is 20.9. The van der Waals surface area contributed by atoms with Crippen LogP contribution in [0.15, 0.2) is 103 Å². The average molecular weight is 533 g/mol. The predicted molar refractivity (Wildman–Crippen MR) is 142 cm³/mol. The highest BCUT2D eigenvalue weighted by Crippen LogP contribution is 2.29. The van der Waals surface area contributed by atoms with Crippen LogP contribution in [0.4, 0.5) is 19.0 Å². The molecule has 6 nitrogen and oxygen atoms in total. The Morgan fingerprint density at radius 3 is 1.85 bits per heavy atom. The van der Waals surface area contributed by atoms with Gasteiger partial charge in [-0.25, -0.2) is 4.98 Å². The van der Waals surface area contributed by atoms with Gasteiger partial charge in [0.05, 0.1) is 11.5 Å². The fourth-order valence-corrected chi connectivity index (χ4v) is 4.17. The molecule has 0 saturated heterocycles. The zero-order chi connectivity index (χ0) is 27.8. The molecule has 0 radical (unpaired) electrons. The summed E-state index contributed by atoms with van der Waals surface area (Å²) in [5.41, 5.74) is 7.60. The van der Waals surface area contributed by atoms with E-state index in [4.69, 9.17) is 5.73 Å². The predicted octanol–water partition coefficient (Wildman–Crippen LogP) is 4.86. The van der Waals surface area contributed by atoms with Crippen molar-refractivity contribution in [1.29, 1.82) is 0 Å². The minimum absolute atomic E-state index is 0.00979. The Balaban J connectivity index is 1.55. The van der Waals surface area contributed by atoms with Crippen LogP contribution >= 0.6 is 0 Å². The van der Waals surface area contributed by atoms with Crippen molar-refractivity contribution in [2.24, 2.45) is 0 Å². The minimum Gasteiger partial charge on any atom is -0.384 e. The number of hydrogen-bond donors (Lipinski definition) is 3. The highest BCUT2D eigenvalue weighted by molar-refractivity contribution is 5.92. The van der Waals surface area contributed by atoms with E-state index < -0.39 is 29.6 Å². The quantitative estimate of drug-likeness (QED) is 0.287. The van der Waals surface area contributed by atoms with Gasteiger partial charge in [-0.3, -0.25) is 9.59 Å². The number of rotatable bonds is 9. The summed E-state index contributed by atoms with van der Waals surface area (Å²) in [4.78, 5) is 31.0. The summed E-state index contributed by atoms with van der Waals surface area (Å²) in [7, 11) is 0. The van der Waals surface area contributed by atoms with Crippen LogP contribution in [0.2, 0.25) is 0 Å². The van der Waals surface area contributed by atoms with E-state index in [1.165, 1.54) is 18.3 Å². The summed E-state index contributed by atoms with van der Waals surface area (Å²) in [5.74, 6) is -1.20. The van der Waals surface area contributed by atoms with E-state index in [9.17, 15) is 22.8 Å². The van der Waals surface area contributed by atoms with Crippen LogP contribution in [-0.2, 0) is 28.7 Å². The summed E-state index contributed by atoms with van der Waals surface area (Å²) in [6.07, 6.45) is -2.78. The largest absolute Gasteiger partial charge is 0.416 e. The fourth-order valence-electron chi connectivity index (χ4n) is 4.17. The van der Waals surface area contributed by atoms with Gasteiger partial charge in [0.15, 0.2) is 0 Å². The molecule has 200 valence electrons. The summed E-state index contributed by atoms with van der Waals surface area (Å²) in [6.45, 7) is -0.00979. The Kier molecular flexibility index (Phi) is 8.60. The van der Waals surface area contributed by atoms with Gasteiger partial charge in [0.1, 0.15) is 11.9 Å². The molecular weight excluding hydrogens is 505 g/mol. The number of carbonyl (C=O) groups excluding carboxylic acids is 2. The number of aromatic nitrogens is 1. The maximum absolute atomic E-state index is 13.7. The van der Waals surface area contributed by atoms with E-state index in [0.29, 0.717) is 16.9 Å². The van der Waals surface area contributed by atoms with Crippen LogP contribution in [0.25, 0.3) is 0 Å². The SMILES string of the molecule is Nc1ccc(CC(NC(=O)C(c2ccccc2)c2ccccc2)C(=O)NCc2ccc(C(F)(F)F)cc2)cn1. The fraction of sp³-hybridized carbons (Fsp3) is 0.167. The molecule has 0 bridgehead atoms. The molecule has 0 spiro atoms. The number of hydrogen-bond acceptors (Lipinski definition) is 4. The lowest BCUT2D eigenvalue weighted by Crippen LogP contribution is -2.49. The molecule has 2 amide bonds. The first kappa shape index (κ1) is 27.4. The smallest absolute Gasteiger partial charge is 0.384 e. The van der Waals surface area contributed by atoms with Crippen LogP contribution in [0, 0.1) is 0 Å². The van der Waals surface area contributed by atoms with Gasteiger partial charge in [0.25, 0.3) is 0 Å². The zero-order valence-electron chi connectivity index (χ0n) is 20.9. The van der Waals surface area contributed by atoms with Crippen molar-refractivity contribution in [3.63, 3.8) is 0 Å². The van der Waals surface area contributed by atoms with Crippen LogP contribution in [0.5, 0.6) is 0 Å². The molecule has 1 heterocycles. The summed E-state index contributed by atoms with van der Waals surface area (Å²) in [6, 6.07) is 25.3. The number of nitrogens with one attached hydrogen (secondary N) is 2. The third kappa shape index (κ3) is 7.44. The van der Waals surface area contributed by atoms with Crippen molar-refractivity contribution in [3.8, 4) is 0 Å². The standard InChI is InChI=1S/C30H27F3N4O2/c31-30(32,33)24-14-11-20(12-15-24)18-36-28(38)25(17-21-13-16-26(34)35-19-21)37-29(39)27(22-7-3-1-4-8-22)23-9-5-2-6-10-23/h1-16,19,25,27H,17-18H2,(H2,34,35)(H,36,38)(H,37,39). The first-order chi connectivity index (χ1) is 18.7. The highest BCUT2D eigenvalue weighted by atomic mass is 19.4. The van der Waals surface area contributed by atoms with Crippen molar-refractivity contribution in [2.75, 3.05) is 5.73 Å². The molecule has 4 aromatic rings. The molecule has 0 aliphatic heterocycles. The lowest BCUT2D eigenvalue weighted by molar-refractivity contribution is -0.137. The molecule has 0 saturated carbocycles. The Bertz CT molecular complexity index is 1340. The second kappa shape index (κ2) is 12.3. The van der Waals surface area contributed by atoms with E-state index in [1.54, 1.807) is 12.1 Å². The lowest BCUT2D eigenvalue weighted by atomic mass is 9.90. The average Bonchev–Trinajstić information content (AvgIpc) is 2.93. The Morgan fingerprint density at radius 1 is 0.769 bits per heavy atom. The van der Waals surface area contributed by atoms with Gasteiger partial charge < -0.3 is 16.4 Å². The van der Waals surface area contributed by atoms with Gasteiger partial charge in [0, 0.05) is 19.2 Å². The number of pyridine rings is 1. The molecule has 4 rings (SSSR count). The Labute approximate surface area is 224 Å². The molecule has 4 N–H and O–H groups in total. The van der Waals surface area contributed by atoms with Gasteiger partial charge >= 0.3 is 6.18 Å². The molecule has 0 fully saturated rings. The van der Waals surface area contributed by atoms with Gasteiger partial charge in [0.2, 0.25) is 11.8 Å². The molecule has 3 aromatic carbocycles. The summed E-state index contributed by atoms with van der Waals surface area (Å²) >= 11 is 0. The van der Waals surface area contributed by atoms with Gasteiger partial charge in [-0.1, -0.05) is 78.9 Å². The third-order valence-electron chi connectivity index (χ3n) is 6.20. The minimum atomic E-state index is -4.45. The first-order valence-corrected chi connectivity index (χ1v) is 12.3. The molecule has 0 aliphatic rings. The van der Waals surface area contributed by atoms with Crippen molar-refractivity contribution in [3.05, 3.63) is 131 Å². The van der Waals surface area contributed by atoms with E-state index in [-0.39, 0.29) is 18.9 Å².